The van der Waals surface area contributed by atoms with Gasteiger partial charge in [0.25, 0.3) is 0 Å². The highest BCUT2D eigenvalue weighted by Crippen LogP contribution is 2.14. The van der Waals surface area contributed by atoms with Gasteiger partial charge in [0.1, 0.15) is 0 Å². The molecule has 106 valence electrons. The molecule has 2 heteroatoms. The molecular formula is C17H28N2. The Bertz CT molecular complexity index is 363. The van der Waals surface area contributed by atoms with Crippen LogP contribution in [0.4, 0.5) is 0 Å². The van der Waals surface area contributed by atoms with Crippen LogP contribution < -0.4 is 5.32 Å². The zero-order valence-electron chi connectivity index (χ0n) is 12.7. The van der Waals surface area contributed by atoms with Gasteiger partial charge < -0.3 is 5.32 Å². The highest BCUT2D eigenvalue weighted by atomic mass is 15.2. The maximum absolute atomic E-state index is 3.49. The van der Waals surface area contributed by atoms with E-state index < -0.39 is 0 Å². The van der Waals surface area contributed by atoms with E-state index in [2.05, 4.69) is 55.4 Å². The lowest BCUT2D eigenvalue weighted by atomic mass is 10.0. The summed E-state index contributed by atoms with van der Waals surface area (Å²) in [6.45, 7) is 7.94. The minimum absolute atomic E-state index is 0.698. The van der Waals surface area contributed by atoms with Gasteiger partial charge in [0.05, 0.1) is 0 Å². The van der Waals surface area contributed by atoms with Gasteiger partial charge in [0.2, 0.25) is 0 Å². The summed E-state index contributed by atoms with van der Waals surface area (Å²) in [4.78, 5) is 2.49. The van der Waals surface area contributed by atoms with Crippen LogP contribution in [0.5, 0.6) is 0 Å². The first kappa shape index (κ1) is 14.5. The predicted octanol–water partition coefficient (Wildman–Crippen LogP) is 3.07. The molecule has 0 saturated carbocycles. The second kappa shape index (κ2) is 7.06. The molecule has 1 unspecified atom stereocenters. The first-order valence-electron chi connectivity index (χ1n) is 7.64. The molecule has 1 N–H and O–H groups in total. The quantitative estimate of drug-likeness (QED) is 0.875. The van der Waals surface area contributed by atoms with Crippen LogP contribution in [0, 0.1) is 5.92 Å². The predicted molar refractivity (Wildman–Crippen MR) is 82.3 cm³/mol. The minimum atomic E-state index is 0.698. The first-order chi connectivity index (χ1) is 9.15. The average molecular weight is 260 g/mol. The highest BCUT2D eigenvalue weighted by Gasteiger charge is 2.17. The molecule has 1 fully saturated rings. The second-order valence-corrected chi connectivity index (χ2v) is 6.33. The van der Waals surface area contributed by atoms with Crippen LogP contribution >= 0.6 is 0 Å². The van der Waals surface area contributed by atoms with E-state index >= 15 is 0 Å². The molecule has 0 aliphatic carbocycles. The molecule has 1 aromatic rings. The number of hydrogen-bond donors (Lipinski definition) is 1. The van der Waals surface area contributed by atoms with Crippen molar-refractivity contribution in [1.29, 1.82) is 0 Å². The topological polar surface area (TPSA) is 15.3 Å². The lowest BCUT2D eigenvalue weighted by molar-refractivity contribution is 0.196. The average Bonchev–Trinajstić information content (AvgIpc) is 2.41. The fourth-order valence-corrected chi connectivity index (χ4v) is 2.88. The summed E-state index contributed by atoms with van der Waals surface area (Å²) in [5, 5.41) is 3.49. The van der Waals surface area contributed by atoms with E-state index in [9.17, 15) is 0 Å². The third kappa shape index (κ3) is 4.63. The van der Waals surface area contributed by atoms with Gasteiger partial charge in [-0.25, -0.2) is 0 Å². The van der Waals surface area contributed by atoms with E-state index in [1.165, 1.54) is 36.9 Å². The second-order valence-electron chi connectivity index (χ2n) is 6.33. The zero-order chi connectivity index (χ0) is 13.7. The maximum Gasteiger partial charge on any atom is 0.0234 e. The maximum atomic E-state index is 3.49. The number of rotatable bonds is 5. The van der Waals surface area contributed by atoms with E-state index in [-0.39, 0.29) is 0 Å². The normalized spacial score (nSPS) is 20.2. The molecule has 1 aliphatic rings. The highest BCUT2D eigenvalue weighted by molar-refractivity contribution is 5.22. The Labute approximate surface area is 118 Å². The van der Waals surface area contributed by atoms with Gasteiger partial charge in [-0.2, -0.15) is 0 Å². The standard InChI is InChI=1S/C17H28N2/c1-14(2)11-15-6-8-16(9-7-15)13-19(3)17-5-4-10-18-12-17/h6-9,14,17-18H,4-5,10-13H2,1-3H3. The van der Waals surface area contributed by atoms with E-state index in [0.717, 1.165) is 19.0 Å². The fraction of sp³-hybridized carbons (Fsp3) is 0.647. The summed E-state index contributed by atoms with van der Waals surface area (Å²) in [7, 11) is 2.25. The van der Waals surface area contributed by atoms with Crippen molar-refractivity contribution in [3.05, 3.63) is 35.4 Å². The number of nitrogens with zero attached hydrogens (tertiary/aromatic N) is 1. The van der Waals surface area contributed by atoms with Gasteiger partial charge in [-0.1, -0.05) is 38.1 Å². The van der Waals surface area contributed by atoms with Gasteiger partial charge in [-0.3, -0.25) is 4.90 Å². The van der Waals surface area contributed by atoms with Crippen LogP contribution in [-0.4, -0.2) is 31.1 Å². The molecule has 0 bridgehead atoms. The molecule has 1 atom stereocenters. The van der Waals surface area contributed by atoms with Crippen LogP contribution in [0.1, 0.15) is 37.8 Å². The van der Waals surface area contributed by atoms with Crippen molar-refractivity contribution in [3.8, 4) is 0 Å². The molecule has 2 nitrogen and oxygen atoms in total. The number of hydrogen-bond acceptors (Lipinski definition) is 2. The molecule has 0 radical (unpaired) electrons. The van der Waals surface area contributed by atoms with Gasteiger partial charge in [-0.05, 0) is 49.9 Å². The summed E-state index contributed by atoms with van der Waals surface area (Å²) in [6.07, 6.45) is 3.82. The van der Waals surface area contributed by atoms with Crippen molar-refractivity contribution in [1.82, 2.24) is 10.2 Å². The number of likely N-dealkylation sites (N-methyl/N-ethyl adjacent to an activating group) is 1. The van der Waals surface area contributed by atoms with Crippen molar-refractivity contribution in [2.45, 2.75) is 45.7 Å². The molecule has 0 aromatic heterocycles. The Morgan fingerprint density at radius 3 is 2.47 bits per heavy atom. The summed E-state index contributed by atoms with van der Waals surface area (Å²) >= 11 is 0. The van der Waals surface area contributed by atoms with Gasteiger partial charge in [-0.15, -0.1) is 0 Å². The van der Waals surface area contributed by atoms with Crippen LogP contribution in [0.3, 0.4) is 0 Å². The largest absolute Gasteiger partial charge is 0.315 e. The van der Waals surface area contributed by atoms with Crippen LogP contribution in [0.2, 0.25) is 0 Å². The van der Waals surface area contributed by atoms with Gasteiger partial charge in [0.15, 0.2) is 0 Å². The Balaban J connectivity index is 1.87. The van der Waals surface area contributed by atoms with Gasteiger partial charge >= 0.3 is 0 Å². The third-order valence-corrected chi connectivity index (χ3v) is 3.99. The molecular weight excluding hydrogens is 232 g/mol. The molecule has 1 saturated heterocycles. The lowest BCUT2D eigenvalue weighted by Gasteiger charge is -2.31. The van der Waals surface area contributed by atoms with Crippen molar-refractivity contribution in [3.63, 3.8) is 0 Å². The summed E-state index contributed by atoms with van der Waals surface area (Å²) in [6, 6.07) is 9.88. The molecule has 2 rings (SSSR count). The lowest BCUT2D eigenvalue weighted by Crippen LogP contribution is -2.43. The molecule has 1 aromatic carbocycles. The summed E-state index contributed by atoms with van der Waals surface area (Å²) in [5.74, 6) is 0.738. The van der Waals surface area contributed by atoms with Crippen molar-refractivity contribution in [2.75, 3.05) is 20.1 Å². The van der Waals surface area contributed by atoms with Crippen LogP contribution in [-0.2, 0) is 13.0 Å². The van der Waals surface area contributed by atoms with Crippen LogP contribution in [0.15, 0.2) is 24.3 Å². The number of piperidine rings is 1. The Morgan fingerprint density at radius 1 is 1.21 bits per heavy atom. The van der Waals surface area contributed by atoms with Crippen LogP contribution in [0.25, 0.3) is 0 Å². The number of nitrogens with one attached hydrogen (secondary N) is 1. The minimum Gasteiger partial charge on any atom is -0.315 e. The molecule has 0 amide bonds. The zero-order valence-corrected chi connectivity index (χ0v) is 12.7. The fourth-order valence-electron chi connectivity index (χ4n) is 2.88. The Morgan fingerprint density at radius 2 is 1.89 bits per heavy atom. The number of benzene rings is 1. The molecule has 19 heavy (non-hydrogen) atoms. The molecule has 1 aliphatic heterocycles. The third-order valence-electron chi connectivity index (χ3n) is 3.99. The molecule has 0 spiro atoms. The monoisotopic (exact) mass is 260 g/mol. The van der Waals surface area contributed by atoms with E-state index in [4.69, 9.17) is 0 Å². The van der Waals surface area contributed by atoms with Crippen molar-refractivity contribution >= 4 is 0 Å². The summed E-state index contributed by atoms with van der Waals surface area (Å²) < 4.78 is 0. The van der Waals surface area contributed by atoms with Crippen molar-refractivity contribution in [2.24, 2.45) is 5.92 Å². The van der Waals surface area contributed by atoms with Crippen molar-refractivity contribution < 1.29 is 0 Å². The molecule has 1 heterocycles. The Hall–Kier alpha value is -0.860. The Kier molecular flexibility index (Phi) is 5.41. The van der Waals surface area contributed by atoms with E-state index in [1.54, 1.807) is 0 Å². The van der Waals surface area contributed by atoms with Gasteiger partial charge in [0, 0.05) is 19.1 Å². The first-order valence-corrected chi connectivity index (χ1v) is 7.64. The SMILES string of the molecule is CC(C)Cc1ccc(CN(C)C2CCCNC2)cc1. The summed E-state index contributed by atoms with van der Waals surface area (Å²) in [5.41, 5.74) is 2.89. The van der Waals surface area contributed by atoms with E-state index in [0.29, 0.717) is 6.04 Å². The van der Waals surface area contributed by atoms with E-state index in [1.807, 2.05) is 0 Å². The smallest absolute Gasteiger partial charge is 0.0234 e.